The normalized spacial score (nSPS) is 12.8. The van der Waals surface area contributed by atoms with E-state index in [0.717, 1.165) is 56.4 Å². The van der Waals surface area contributed by atoms with Crippen molar-refractivity contribution in [1.82, 2.24) is 29.9 Å². The maximum atomic E-state index is 4.54. The van der Waals surface area contributed by atoms with Crippen LogP contribution in [0.5, 0.6) is 0 Å². The summed E-state index contributed by atoms with van der Waals surface area (Å²) in [7, 11) is 0. The van der Waals surface area contributed by atoms with Gasteiger partial charge in [0.15, 0.2) is 11.6 Å². The molecule has 0 N–H and O–H groups in total. The Balaban J connectivity index is 1.28. The summed E-state index contributed by atoms with van der Waals surface area (Å²) in [6, 6.07) is 47.3. The third-order valence-electron chi connectivity index (χ3n) is 9.14. The highest BCUT2D eigenvalue weighted by Crippen LogP contribution is 2.57. The zero-order chi connectivity index (χ0) is 34.4. The first-order chi connectivity index (χ1) is 25.8. The molecule has 0 amide bonds. The topological polar surface area (TPSA) is 83.8 Å². The van der Waals surface area contributed by atoms with Crippen molar-refractivity contribution in [3.05, 3.63) is 159 Å². The van der Waals surface area contributed by atoms with Gasteiger partial charge in [-0.2, -0.15) is 0 Å². The van der Waals surface area contributed by atoms with Crippen LogP contribution in [0, 0.1) is 0 Å². The molecule has 0 saturated carbocycles. The molecule has 8 nitrogen and oxygen atoms in total. The zero-order valence-corrected chi connectivity index (χ0v) is 29.0. The minimum Gasteiger partial charge on any atom is -0.308 e. The highest BCUT2D eigenvalue weighted by Gasteiger charge is 2.31. The molecule has 8 aromatic rings. The number of hydrogen-bond acceptors (Lipinski definition) is 10. The third-order valence-corrected chi connectivity index (χ3v) is 11.4. The Bertz CT molecular complexity index is 2350. The van der Waals surface area contributed by atoms with Crippen molar-refractivity contribution in [1.29, 1.82) is 0 Å². The summed E-state index contributed by atoms with van der Waals surface area (Å²) in [5, 5.41) is 0. The van der Waals surface area contributed by atoms with Gasteiger partial charge in [-0.25, -0.2) is 29.9 Å². The molecule has 0 radical (unpaired) electrons. The fourth-order valence-corrected chi connectivity index (χ4v) is 8.99. The van der Waals surface area contributed by atoms with E-state index >= 15 is 0 Å². The molecule has 52 heavy (non-hydrogen) atoms. The predicted molar refractivity (Wildman–Crippen MR) is 207 cm³/mol. The fraction of sp³-hybridized carbons (Fsp3) is 0. The monoisotopic (exact) mass is 706 g/mol. The first-order valence-corrected chi connectivity index (χ1v) is 18.3. The summed E-state index contributed by atoms with van der Waals surface area (Å²) in [4.78, 5) is 35.8. The van der Waals surface area contributed by atoms with Gasteiger partial charge in [0.05, 0.1) is 34.1 Å². The van der Waals surface area contributed by atoms with Crippen molar-refractivity contribution in [3.63, 3.8) is 0 Å². The highest BCUT2D eigenvalue weighted by atomic mass is 32.2. The Hall–Kier alpha value is -6.36. The second kappa shape index (κ2) is 12.8. The average molecular weight is 707 g/mol. The summed E-state index contributed by atoms with van der Waals surface area (Å²) in [5.41, 5.74) is 10.3. The summed E-state index contributed by atoms with van der Waals surface area (Å²) in [6.07, 6.45) is 6.16. The maximum Gasteiger partial charge on any atom is 0.162 e. The maximum absolute atomic E-state index is 4.54. The van der Waals surface area contributed by atoms with E-state index in [1.54, 1.807) is 48.8 Å². The molecule has 0 bridgehead atoms. The van der Waals surface area contributed by atoms with Gasteiger partial charge in [-0.15, -0.1) is 0 Å². The number of anilines is 6. The molecule has 0 fully saturated rings. The van der Waals surface area contributed by atoms with Crippen LogP contribution in [0.4, 0.5) is 34.1 Å². The van der Waals surface area contributed by atoms with Crippen LogP contribution >= 0.6 is 23.5 Å². The van der Waals surface area contributed by atoms with Gasteiger partial charge in [-0.1, -0.05) is 96.3 Å². The smallest absolute Gasteiger partial charge is 0.162 e. The second-order valence-electron chi connectivity index (χ2n) is 12.1. The second-order valence-corrected chi connectivity index (χ2v) is 14.3. The summed E-state index contributed by atoms with van der Waals surface area (Å²) >= 11 is 3.58. The Kier molecular flexibility index (Phi) is 7.47. The molecule has 246 valence electrons. The summed E-state index contributed by atoms with van der Waals surface area (Å²) in [6.45, 7) is 0. The summed E-state index contributed by atoms with van der Waals surface area (Å²) < 4.78 is 0. The molecule has 2 aromatic heterocycles. The van der Waals surface area contributed by atoms with Gasteiger partial charge in [0.1, 0.15) is 25.3 Å². The number of rotatable bonds is 5. The number of para-hydroxylation sites is 4. The lowest BCUT2D eigenvalue weighted by atomic mass is 9.95. The first-order valence-electron chi connectivity index (χ1n) is 16.7. The largest absolute Gasteiger partial charge is 0.308 e. The van der Waals surface area contributed by atoms with Crippen LogP contribution in [0.2, 0.25) is 0 Å². The molecule has 6 aromatic carbocycles. The lowest BCUT2D eigenvalue weighted by Gasteiger charge is -2.36. The van der Waals surface area contributed by atoms with Gasteiger partial charge in [0.2, 0.25) is 0 Å². The van der Waals surface area contributed by atoms with Gasteiger partial charge < -0.3 is 9.80 Å². The molecule has 0 atom stereocenters. The molecule has 0 unspecified atom stereocenters. The van der Waals surface area contributed by atoms with Crippen LogP contribution in [0.15, 0.2) is 178 Å². The number of fused-ring (bicyclic) bond motifs is 4. The van der Waals surface area contributed by atoms with E-state index in [4.69, 9.17) is 0 Å². The van der Waals surface area contributed by atoms with E-state index in [1.165, 1.54) is 19.6 Å². The van der Waals surface area contributed by atoms with E-state index < -0.39 is 0 Å². The van der Waals surface area contributed by atoms with Gasteiger partial charge in [0, 0.05) is 41.8 Å². The first kappa shape index (κ1) is 30.5. The van der Waals surface area contributed by atoms with Crippen molar-refractivity contribution >= 4 is 57.6 Å². The lowest BCUT2D eigenvalue weighted by Crippen LogP contribution is -2.18. The van der Waals surface area contributed by atoms with Crippen molar-refractivity contribution in [2.24, 2.45) is 0 Å². The number of aromatic nitrogens is 6. The quantitative estimate of drug-likeness (QED) is 0.172. The lowest BCUT2D eigenvalue weighted by molar-refractivity contribution is 1.05. The van der Waals surface area contributed by atoms with Crippen molar-refractivity contribution in [2.45, 2.75) is 19.6 Å². The van der Waals surface area contributed by atoms with Gasteiger partial charge in [-0.3, -0.25) is 0 Å². The molecular weight excluding hydrogens is 681 g/mol. The molecule has 10 rings (SSSR count). The number of nitrogens with zero attached hydrogens (tertiary/aromatic N) is 8. The molecule has 0 aliphatic carbocycles. The Morgan fingerprint density at radius 1 is 0.346 bits per heavy atom. The van der Waals surface area contributed by atoms with Crippen LogP contribution in [-0.2, 0) is 0 Å². The standard InChI is InChI=1S/C42H26N8S2/c1-5-13-37-31(9-1)49(32-10-2-6-14-38(32)51-37)35-21-27(41-45-23-43-24-46-41)17-19-29(35)30-20-18-28(42-47-25-44-26-48-42)22-36(30)50-33-11-3-7-15-39(33)52-40-16-8-4-12-34(40)50/h1-26H. The molecule has 2 aliphatic rings. The van der Waals surface area contributed by atoms with Crippen molar-refractivity contribution in [3.8, 4) is 33.9 Å². The molecule has 2 aliphatic heterocycles. The fourth-order valence-electron chi connectivity index (χ4n) is 6.87. The average Bonchev–Trinajstić information content (AvgIpc) is 3.22. The van der Waals surface area contributed by atoms with E-state index in [-0.39, 0.29) is 0 Å². The SMILES string of the molecule is c1ccc2c(c1)Sc1ccccc1N2c1cc(-c2ncncn2)ccc1-c1ccc(-c2ncncn2)cc1N1c2ccccc2Sc2ccccc21. The molecule has 4 heterocycles. The van der Waals surface area contributed by atoms with E-state index in [1.807, 2.05) is 0 Å². The van der Waals surface area contributed by atoms with E-state index in [2.05, 4.69) is 173 Å². The van der Waals surface area contributed by atoms with Crippen LogP contribution < -0.4 is 9.80 Å². The van der Waals surface area contributed by atoms with E-state index in [0.29, 0.717) is 11.6 Å². The van der Waals surface area contributed by atoms with Crippen LogP contribution in [0.25, 0.3) is 33.9 Å². The van der Waals surface area contributed by atoms with Crippen LogP contribution in [0.1, 0.15) is 0 Å². The van der Waals surface area contributed by atoms with Gasteiger partial charge in [0.25, 0.3) is 0 Å². The molecule has 0 spiro atoms. The summed E-state index contributed by atoms with van der Waals surface area (Å²) in [5.74, 6) is 1.22. The van der Waals surface area contributed by atoms with Crippen LogP contribution in [-0.4, -0.2) is 29.9 Å². The predicted octanol–water partition coefficient (Wildman–Crippen LogP) is 10.9. The Labute approximate surface area is 308 Å². The van der Waals surface area contributed by atoms with Gasteiger partial charge in [-0.05, 0) is 60.7 Å². The van der Waals surface area contributed by atoms with Crippen molar-refractivity contribution in [2.75, 3.05) is 9.80 Å². The minimum atomic E-state index is 0.608. The number of benzene rings is 6. The van der Waals surface area contributed by atoms with Gasteiger partial charge >= 0.3 is 0 Å². The Morgan fingerprint density at radius 2 is 0.673 bits per heavy atom. The molecule has 0 saturated heterocycles. The highest BCUT2D eigenvalue weighted by molar-refractivity contribution is 8.00. The molecule has 10 heteroatoms. The minimum absolute atomic E-state index is 0.608. The van der Waals surface area contributed by atoms with E-state index in [9.17, 15) is 0 Å². The number of hydrogen-bond donors (Lipinski definition) is 0. The molecular formula is C42H26N8S2. The third kappa shape index (κ3) is 5.19. The van der Waals surface area contributed by atoms with Crippen LogP contribution in [0.3, 0.4) is 0 Å². The Morgan fingerprint density at radius 3 is 1.02 bits per heavy atom. The van der Waals surface area contributed by atoms with Crippen molar-refractivity contribution < 1.29 is 0 Å². The zero-order valence-electron chi connectivity index (χ0n) is 27.4.